The molecule has 0 saturated heterocycles. The van der Waals surface area contributed by atoms with Gasteiger partial charge in [-0.05, 0) is 60.4 Å². The molecule has 0 N–H and O–H groups in total. The lowest BCUT2D eigenvalue weighted by Gasteiger charge is -2.36. The number of halogens is 2. The average molecular weight is 775 g/mol. The largest absolute Gasteiger partial charge is 0.494 e. The van der Waals surface area contributed by atoms with Crippen molar-refractivity contribution in [2.24, 2.45) is 0 Å². The van der Waals surface area contributed by atoms with E-state index in [1.54, 1.807) is 50.5 Å². The van der Waals surface area contributed by atoms with Gasteiger partial charge in [0.2, 0.25) is 0 Å². The van der Waals surface area contributed by atoms with Gasteiger partial charge in [-0.1, -0.05) is 92.5 Å². The summed E-state index contributed by atoms with van der Waals surface area (Å²) in [7, 11) is 3.35. The molecule has 6 rings (SSSR count). The lowest BCUT2D eigenvalue weighted by atomic mass is 9.85. The fraction of sp³-hybridized carbons (Fsp3) is 0.263. The minimum absolute atomic E-state index is 0.234. The van der Waals surface area contributed by atoms with Crippen molar-refractivity contribution >= 4 is 66.6 Å². The second-order valence-corrected chi connectivity index (χ2v) is 14.8. The molecule has 2 unspecified atom stereocenters. The number of fused-ring (bicyclic) bond motifs is 2. The molecule has 2 aliphatic rings. The van der Waals surface area contributed by atoms with E-state index in [4.69, 9.17) is 9.47 Å². The fourth-order valence-electron chi connectivity index (χ4n) is 6.18. The van der Waals surface area contributed by atoms with Crippen molar-refractivity contribution in [3.05, 3.63) is 119 Å². The maximum atomic E-state index is 13.7. The van der Waals surface area contributed by atoms with Crippen LogP contribution >= 0.6 is 31.9 Å². The summed E-state index contributed by atoms with van der Waals surface area (Å²) >= 11 is 7.03. The Morgan fingerprint density at radius 3 is 1.31 bits per heavy atom. The molecular formula is C38H34Br2N2O6. The predicted octanol–water partition coefficient (Wildman–Crippen LogP) is 7.00. The molecule has 0 saturated carbocycles. The van der Waals surface area contributed by atoms with Crippen LogP contribution in [-0.4, -0.2) is 59.3 Å². The maximum Gasteiger partial charge on any atom is 0.251 e. The molecule has 0 aromatic heterocycles. The van der Waals surface area contributed by atoms with Crippen molar-refractivity contribution in [3.8, 4) is 11.5 Å². The number of alkyl halides is 2. The van der Waals surface area contributed by atoms with Crippen LogP contribution in [0, 0.1) is 0 Å². The first-order valence-corrected chi connectivity index (χ1v) is 17.3. The zero-order chi connectivity index (χ0) is 34.1. The van der Waals surface area contributed by atoms with Crippen molar-refractivity contribution in [1.29, 1.82) is 0 Å². The van der Waals surface area contributed by atoms with Gasteiger partial charge < -0.3 is 19.3 Å². The highest BCUT2D eigenvalue weighted by atomic mass is 79.9. The number of carbonyl (C=O) groups excluding carboxylic acids is 4. The van der Waals surface area contributed by atoms with E-state index < -0.39 is 8.65 Å². The van der Waals surface area contributed by atoms with Crippen LogP contribution in [0.4, 0.5) is 11.4 Å². The number of rotatable bonds is 11. The smallest absolute Gasteiger partial charge is 0.251 e. The fourth-order valence-corrected chi connectivity index (χ4v) is 7.79. The number of Topliss-reactive ketones (excluding diaryl/α,β-unsaturated/α-hetero) is 2. The molecule has 246 valence electrons. The monoisotopic (exact) mass is 772 g/mol. The van der Waals surface area contributed by atoms with Gasteiger partial charge in [-0.3, -0.25) is 19.2 Å². The summed E-state index contributed by atoms with van der Waals surface area (Å²) in [5.74, 6) is -0.110. The molecule has 0 fully saturated rings. The van der Waals surface area contributed by atoms with Gasteiger partial charge in [-0.15, -0.1) is 0 Å². The van der Waals surface area contributed by atoms with E-state index in [0.717, 1.165) is 11.1 Å². The van der Waals surface area contributed by atoms with Gasteiger partial charge in [0.1, 0.15) is 11.5 Å². The minimum Gasteiger partial charge on any atom is -0.494 e. The zero-order valence-corrected chi connectivity index (χ0v) is 29.8. The summed E-state index contributed by atoms with van der Waals surface area (Å²) in [5, 5.41) is 0. The lowest BCUT2D eigenvalue weighted by Crippen LogP contribution is -2.54. The molecule has 2 atom stereocenters. The first-order valence-electron chi connectivity index (χ1n) is 15.7. The molecule has 2 heterocycles. The summed E-state index contributed by atoms with van der Waals surface area (Å²) in [6, 6.07) is 29.3. The molecule has 48 heavy (non-hydrogen) atoms. The Hall–Kier alpha value is -4.28. The average Bonchev–Trinajstić information content (AvgIpc) is 3.10. The van der Waals surface area contributed by atoms with Crippen molar-refractivity contribution in [1.82, 2.24) is 0 Å². The number of unbranched alkanes of at least 4 members (excludes halogenated alkanes) is 1. The van der Waals surface area contributed by atoms with E-state index in [2.05, 4.69) is 31.9 Å². The Labute approximate surface area is 296 Å². The van der Waals surface area contributed by atoms with E-state index in [9.17, 15) is 19.2 Å². The molecular weight excluding hydrogens is 740 g/mol. The van der Waals surface area contributed by atoms with E-state index in [1.165, 1.54) is 9.80 Å². The van der Waals surface area contributed by atoms with Crippen molar-refractivity contribution in [2.75, 3.05) is 37.1 Å². The van der Waals surface area contributed by atoms with Gasteiger partial charge >= 0.3 is 0 Å². The number of ether oxygens (including phenoxy) is 2. The molecule has 4 aromatic carbocycles. The minimum atomic E-state index is -1.39. The second-order valence-electron chi connectivity index (χ2n) is 12.1. The van der Waals surface area contributed by atoms with Crippen molar-refractivity contribution < 1.29 is 28.7 Å². The number of amides is 2. The SMILES string of the molecule is CN1C(=O)C(Br)(Cc2ccccc2)C(=O)c2cc(OCCCCOc3ccc4c(c3)C(=O)C(Br)(Cc3ccccc3)C(=O)N4C)ccc21. The molecule has 8 nitrogen and oxygen atoms in total. The molecule has 2 amide bonds. The summed E-state index contributed by atoms with van der Waals surface area (Å²) < 4.78 is 9.19. The third-order valence-electron chi connectivity index (χ3n) is 8.81. The van der Waals surface area contributed by atoms with Crippen LogP contribution in [0.5, 0.6) is 11.5 Å². The number of hydrogen-bond acceptors (Lipinski definition) is 6. The van der Waals surface area contributed by atoms with E-state index in [1.807, 2.05) is 60.7 Å². The zero-order valence-electron chi connectivity index (χ0n) is 26.6. The summed E-state index contributed by atoms with van der Waals surface area (Å²) in [6.07, 6.45) is 1.83. The first kappa shape index (κ1) is 33.6. The Morgan fingerprint density at radius 1 is 0.562 bits per heavy atom. The van der Waals surface area contributed by atoms with Crippen molar-refractivity contribution in [2.45, 2.75) is 34.3 Å². The lowest BCUT2D eigenvalue weighted by molar-refractivity contribution is -0.120. The molecule has 0 spiro atoms. The van der Waals surface area contributed by atoms with Crippen LogP contribution in [-0.2, 0) is 22.4 Å². The summed E-state index contributed by atoms with van der Waals surface area (Å²) in [6.45, 7) is 0.797. The molecule has 2 aliphatic heterocycles. The van der Waals surface area contributed by atoms with Gasteiger partial charge in [-0.25, -0.2) is 0 Å². The number of anilines is 2. The van der Waals surface area contributed by atoms with E-state index in [0.29, 0.717) is 60.1 Å². The first-order chi connectivity index (χ1) is 23.0. The number of carbonyl (C=O) groups is 4. The highest BCUT2D eigenvalue weighted by molar-refractivity contribution is 9.10. The Kier molecular flexibility index (Phi) is 9.58. The molecule has 0 bridgehead atoms. The van der Waals surface area contributed by atoms with Crippen LogP contribution in [0.2, 0.25) is 0 Å². The van der Waals surface area contributed by atoms with Gasteiger partial charge in [0.25, 0.3) is 11.8 Å². The second kappa shape index (κ2) is 13.7. The van der Waals surface area contributed by atoms with Crippen LogP contribution in [0.25, 0.3) is 0 Å². The maximum absolute atomic E-state index is 13.7. The Bertz CT molecular complexity index is 1750. The van der Waals surface area contributed by atoms with Crippen LogP contribution in [0.3, 0.4) is 0 Å². The van der Waals surface area contributed by atoms with Gasteiger partial charge in [0.05, 0.1) is 24.6 Å². The Morgan fingerprint density at radius 2 is 0.938 bits per heavy atom. The van der Waals surface area contributed by atoms with Crippen molar-refractivity contribution in [3.63, 3.8) is 0 Å². The summed E-state index contributed by atoms with van der Waals surface area (Å²) in [5.41, 5.74) is 3.71. The number of benzene rings is 4. The molecule has 0 radical (unpaired) electrons. The quantitative estimate of drug-likeness (QED) is 0.0927. The standard InChI is InChI=1S/C38H34Br2N2O6/c1-41-31-17-15-27(21-29(31)33(43)37(39,35(41)45)23-25-11-5-3-6-12-25)47-19-9-10-20-48-28-16-18-32-30(22-28)34(44)38(40,36(46)42(32)2)24-26-13-7-4-8-14-26/h3-8,11-18,21-22H,9-10,19-20,23-24H2,1-2H3. The Balaban J connectivity index is 1.05. The van der Waals surface area contributed by atoms with Crippen LogP contribution in [0.1, 0.15) is 44.7 Å². The van der Waals surface area contributed by atoms with Crippen LogP contribution in [0.15, 0.2) is 97.1 Å². The van der Waals surface area contributed by atoms with Gasteiger partial charge in [-0.2, -0.15) is 0 Å². The van der Waals surface area contributed by atoms with Crippen LogP contribution < -0.4 is 19.3 Å². The number of nitrogens with zero attached hydrogens (tertiary/aromatic N) is 2. The number of hydrogen-bond donors (Lipinski definition) is 0. The third kappa shape index (κ3) is 6.31. The topological polar surface area (TPSA) is 93.2 Å². The van der Waals surface area contributed by atoms with E-state index in [-0.39, 0.29) is 36.2 Å². The molecule has 10 heteroatoms. The predicted molar refractivity (Wildman–Crippen MR) is 192 cm³/mol. The highest BCUT2D eigenvalue weighted by Gasteiger charge is 2.51. The van der Waals surface area contributed by atoms with Gasteiger partial charge in [0, 0.05) is 38.1 Å². The molecule has 0 aliphatic carbocycles. The van der Waals surface area contributed by atoms with E-state index >= 15 is 0 Å². The molecule has 4 aromatic rings. The normalized spacial score (nSPS) is 20.4. The highest BCUT2D eigenvalue weighted by Crippen LogP contribution is 2.42. The third-order valence-corrected chi connectivity index (χ3v) is 10.8. The summed E-state index contributed by atoms with van der Waals surface area (Å²) in [4.78, 5) is 56.9. The number of ketones is 2. The van der Waals surface area contributed by atoms with Gasteiger partial charge in [0.15, 0.2) is 20.2 Å².